The molecule has 0 aromatic carbocycles. The molecule has 9 heteroatoms. The van der Waals surface area contributed by atoms with Gasteiger partial charge in [0.05, 0.1) is 11.9 Å². The Hall–Kier alpha value is -1.32. The summed E-state index contributed by atoms with van der Waals surface area (Å²) in [4.78, 5) is 4.73. The fourth-order valence-corrected chi connectivity index (χ4v) is 7.05. The lowest BCUT2D eigenvalue weighted by Crippen LogP contribution is -2.30. The maximum Gasteiger partial charge on any atom is 0.246 e. The van der Waals surface area contributed by atoms with Crippen LogP contribution in [0, 0.1) is 18.8 Å². The highest BCUT2D eigenvalue weighted by molar-refractivity contribution is 7.99. The fourth-order valence-electron chi connectivity index (χ4n) is 3.98. The molecule has 2 fully saturated rings. The lowest BCUT2D eigenvalue weighted by atomic mass is 10.0. The maximum absolute atomic E-state index is 12.9. The van der Waals surface area contributed by atoms with Gasteiger partial charge in [-0.3, -0.25) is 4.68 Å². The summed E-state index contributed by atoms with van der Waals surface area (Å²) in [6, 6.07) is 0. The molecule has 0 spiro atoms. The zero-order valence-corrected chi connectivity index (χ0v) is 16.3. The van der Waals surface area contributed by atoms with Crippen LogP contribution in [-0.2, 0) is 24.1 Å². The van der Waals surface area contributed by atoms with Gasteiger partial charge in [0.15, 0.2) is 5.16 Å². The summed E-state index contributed by atoms with van der Waals surface area (Å²) in [5.74, 6) is 0.897. The number of sulfonamides is 1. The van der Waals surface area contributed by atoms with Crippen molar-refractivity contribution in [3.05, 3.63) is 24.3 Å². The first-order valence-corrected chi connectivity index (χ1v) is 10.8. The summed E-state index contributed by atoms with van der Waals surface area (Å²) in [7, 11) is 0.342. The fraction of sp³-hybridized carbons (Fsp3) is 0.625. The SMILES string of the molecule is Cc1c(S(=O)(=O)N2C[C@H]3CC(Sc4nccn4C)C[C@H]3C2)cnn1C. The van der Waals surface area contributed by atoms with Crippen LogP contribution in [0.25, 0.3) is 0 Å². The Kier molecular flexibility index (Phi) is 4.20. The summed E-state index contributed by atoms with van der Waals surface area (Å²) in [6.45, 7) is 3.05. The smallest absolute Gasteiger partial charge is 0.246 e. The van der Waals surface area contributed by atoms with E-state index >= 15 is 0 Å². The Balaban J connectivity index is 1.44. The van der Waals surface area contributed by atoms with Crippen LogP contribution in [0.15, 0.2) is 28.6 Å². The number of rotatable bonds is 4. The number of fused-ring (bicyclic) bond motifs is 1. The van der Waals surface area contributed by atoms with Gasteiger partial charge in [-0.15, -0.1) is 0 Å². The van der Waals surface area contributed by atoms with Crippen LogP contribution in [0.4, 0.5) is 0 Å². The van der Waals surface area contributed by atoms with Crippen molar-refractivity contribution in [2.75, 3.05) is 13.1 Å². The highest BCUT2D eigenvalue weighted by Gasteiger charge is 2.45. The number of hydrogen-bond acceptors (Lipinski definition) is 5. The Morgan fingerprint density at radius 3 is 2.40 bits per heavy atom. The summed E-state index contributed by atoms with van der Waals surface area (Å²) >= 11 is 1.82. The Bertz CT molecular complexity index is 874. The predicted octanol–water partition coefficient (Wildman–Crippen LogP) is 1.65. The molecule has 3 heterocycles. The van der Waals surface area contributed by atoms with Crippen molar-refractivity contribution >= 4 is 21.8 Å². The summed E-state index contributed by atoms with van der Waals surface area (Å²) in [5.41, 5.74) is 0.695. The minimum atomic E-state index is -3.44. The molecule has 0 amide bonds. The van der Waals surface area contributed by atoms with Crippen LogP contribution in [-0.4, -0.2) is 50.4 Å². The van der Waals surface area contributed by atoms with Gasteiger partial charge in [0.1, 0.15) is 4.90 Å². The monoisotopic (exact) mass is 381 g/mol. The minimum Gasteiger partial charge on any atom is -0.329 e. The van der Waals surface area contributed by atoms with Crippen LogP contribution < -0.4 is 0 Å². The lowest BCUT2D eigenvalue weighted by Gasteiger charge is -2.18. The molecule has 0 radical (unpaired) electrons. The van der Waals surface area contributed by atoms with Gasteiger partial charge in [-0.05, 0) is 31.6 Å². The molecular formula is C16H23N5O2S2. The van der Waals surface area contributed by atoms with E-state index in [4.69, 9.17) is 0 Å². The third kappa shape index (κ3) is 2.92. The van der Waals surface area contributed by atoms with E-state index in [-0.39, 0.29) is 0 Å². The van der Waals surface area contributed by atoms with Crippen molar-refractivity contribution in [3.8, 4) is 0 Å². The van der Waals surface area contributed by atoms with Crippen LogP contribution in [0.3, 0.4) is 0 Å². The van der Waals surface area contributed by atoms with E-state index in [2.05, 4.69) is 10.1 Å². The van der Waals surface area contributed by atoms with Crippen LogP contribution in [0.5, 0.6) is 0 Å². The van der Waals surface area contributed by atoms with Crippen molar-refractivity contribution in [2.45, 2.75) is 35.1 Å². The molecule has 1 unspecified atom stereocenters. The number of aryl methyl sites for hydroxylation is 2. The molecule has 1 saturated carbocycles. The molecule has 7 nitrogen and oxygen atoms in total. The van der Waals surface area contributed by atoms with Crippen LogP contribution >= 0.6 is 11.8 Å². The maximum atomic E-state index is 12.9. The van der Waals surface area contributed by atoms with Gasteiger partial charge in [0, 0.05) is 44.8 Å². The highest BCUT2D eigenvalue weighted by Crippen LogP contribution is 2.45. The molecule has 136 valence electrons. The van der Waals surface area contributed by atoms with Crippen LogP contribution in [0.2, 0.25) is 0 Å². The third-order valence-electron chi connectivity index (χ3n) is 5.53. The zero-order valence-electron chi connectivity index (χ0n) is 14.7. The number of thioether (sulfide) groups is 1. The second-order valence-electron chi connectivity index (χ2n) is 7.09. The number of imidazole rings is 1. The average molecular weight is 382 g/mol. The van der Waals surface area contributed by atoms with Crippen LogP contribution in [0.1, 0.15) is 18.5 Å². The molecule has 0 N–H and O–H groups in total. The topological polar surface area (TPSA) is 73.0 Å². The van der Waals surface area contributed by atoms with E-state index in [0.717, 1.165) is 18.0 Å². The molecule has 3 atom stereocenters. The molecule has 1 aliphatic carbocycles. The number of aromatic nitrogens is 4. The number of nitrogens with zero attached hydrogens (tertiary/aromatic N) is 5. The first-order chi connectivity index (χ1) is 11.9. The van der Waals surface area contributed by atoms with Gasteiger partial charge < -0.3 is 4.57 Å². The Morgan fingerprint density at radius 1 is 1.20 bits per heavy atom. The highest BCUT2D eigenvalue weighted by atomic mass is 32.2. The Morgan fingerprint density at radius 2 is 1.88 bits per heavy atom. The van der Waals surface area contributed by atoms with E-state index < -0.39 is 10.0 Å². The standard InChI is InChI=1S/C16H23N5O2S2/c1-11-15(8-18-20(11)3)25(22,23)21-9-12-6-14(7-13(12)10-21)24-16-17-4-5-19(16)2/h4-5,8,12-14H,6-7,9-10H2,1-3H3/t12-,13+,14?. The second-order valence-corrected chi connectivity index (χ2v) is 10.3. The molecule has 25 heavy (non-hydrogen) atoms. The third-order valence-corrected chi connectivity index (χ3v) is 8.79. The van der Waals surface area contributed by atoms with Gasteiger partial charge in [-0.2, -0.15) is 9.40 Å². The molecule has 0 bridgehead atoms. The molecule has 2 aliphatic rings. The first-order valence-electron chi connectivity index (χ1n) is 8.49. The normalized spacial score (nSPS) is 27.1. The van der Waals surface area contributed by atoms with Gasteiger partial charge in [-0.25, -0.2) is 13.4 Å². The van der Waals surface area contributed by atoms with Gasteiger partial charge in [0.2, 0.25) is 10.0 Å². The second kappa shape index (κ2) is 6.14. The molecule has 1 saturated heterocycles. The minimum absolute atomic E-state index is 0.342. The molecule has 4 rings (SSSR count). The lowest BCUT2D eigenvalue weighted by molar-refractivity contribution is 0.446. The van der Waals surface area contributed by atoms with Crippen molar-refractivity contribution in [1.29, 1.82) is 0 Å². The van der Waals surface area contributed by atoms with Crippen molar-refractivity contribution in [1.82, 2.24) is 23.6 Å². The van der Waals surface area contributed by atoms with E-state index in [1.165, 1.54) is 6.20 Å². The summed E-state index contributed by atoms with van der Waals surface area (Å²) < 4.78 is 31.2. The molecule has 1 aliphatic heterocycles. The molecular weight excluding hydrogens is 358 g/mol. The summed E-state index contributed by atoms with van der Waals surface area (Å²) in [6.07, 6.45) is 7.37. The van der Waals surface area contributed by atoms with E-state index in [1.807, 2.05) is 35.8 Å². The van der Waals surface area contributed by atoms with E-state index in [1.54, 1.807) is 23.0 Å². The largest absolute Gasteiger partial charge is 0.329 e. The van der Waals surface area contributed by atoms with E-state index in [0.29, 0.717) is 40.8 Å². The first kappa shape index (κ1) is 17.1. The van der Waals surface area contributed by atoms with Gasteiger partial charge >= 0.3 is 0 Å². The molecule has 2 aromatic rings. The van der Waals surface area contributed by atoms with Crippen molar-refractivity contribution < 1.29 is 8.42 Å². The van der Waals surface area contributed by atoms with Crippen molar-refractivity contribution in [2.24, 2.45) is 25.9 Å². The van der Waals surface area contributed by atoms with E-state index in [9.17, 15) is 8.42 Å². The van der Waals surface area contributed by atoms with Crippen molar-refractivity contribution in [3.63, 3.8) is 0 Å². The predicted molar refractivity (Wildman–Crippen MR) is 95.8 cm³/mol. The average Bonchev–Trinajstić information content (AvgIpc) is 3.27. The Labute approximate surface area is 152 Å². The molecule has 2 aromatic heterocycles. The quantitative estimate of drug-likeness (QED) is 0.805. The van der Waals surface area contributed by atoms with Gasteiger partial charge in [-0.1, -0.05) is 11.8 Å². The summed E-state index contributed by atoms with van der Waals surface area (Å²) in [5, 5.41) is 5.66. The zero-order chi connectivity index (χ0) is 17.8. The van der Waals surface area contributed by atoms with Gasteiger partial charge in [0.25, 0.3) is 0 Å². The number of hydrogen-bond donors (Lipinski definition) is 0.